The number of aliphatic hydroxyl groups excluding tert-OH is 1. The zero-order valence-electron chi connectivity index (χ0n) is 17.7. The van der Waals surface area contributed by atoms with E-state index in [4.69, 9.17) is 0 Å². The second-order valence-corrected chi connectivity index (χ2v) is 7.80. The molecule has 1 aromatic heterocycles. The van der Waals surface area contributed by atoms with E-state index in [0.717, 1.165) is 71.9 Å². The third-order valence-electron chi connectivity index (χ3n) is 6.02. The van der Waals surface area contributed by atoms with Crippen LogP contribution >= 0.6 is 0 Å². The molecule has 0 aliphatic heterocycles. The zero-order valence-corrected chi connectivity index (χ0v) is 17.7. The van der Waals surface area contributed by atoms with Crippen molar-refractivity contribution < 1.29 is 15.0 Å². The lowest BCUT2D eigenvalue weighted by molar-refractivity contribution is 0.0696. The number of aromatic nitrogens is 1. The van der Waals surface area contributed by atoms with Crippen LogP contribution in [0.4, 0.5) is 0 Å². The highest BCUT2D eigenvalue weighted by molar-refractivity contribution is 5.99. The van der Waals surface area contributed by atoms with Gasteiger partial charge in [-0.1, -0.05) is 50.1 Å². The van der Waals surface area contributed by atoms with Crippen molar-refractivity contribution in [2.75, 3.05) is 0 Å². The minimum Gasteiger partial charge on any atom is -0.478 e. The summed E-state index contributed by atoms with van der Waals surface area (Å²) in [5.41, 5.74) is 6.37. The molecule has 2 aromatic carbocycles. The molecule has 0 bridgehead atoms. The van der Waals surface area contributed by atoms with Gasteiger partial charge in [0.05, 0.1) is 12.2 Å². The molecule has 154 valence electrons. The van der Waals surface area contributed by atoms with Gasteiger partial charge in [-0.05, 0) is 55.9 Å². The smallest absolute Gasteiger partial charge is 0.336 e. The van der Waals surface area contributed by atoms with E-state index in [1.54, 1.807) is 6.07 Å². The van der Waals surface area contributed by atoms with Gasteiger partial charge < -0.3 is 14.8 Å². The molecule has 1 heterocycles. The first-order valence-electron chi connectivity index (χ1n) is 10.5. The molecular formula is C25H31NO3. The van der Waals surface area contributed by atoms with Gasteiger partial charge in [0.2, 0.25) is 0 Å². The highest BCUT2D eigenvalue weighted by Crippen LogP contribution is 2.34. The lowest BCUT2D eigenvalue weighted by Crippen LogP contribution is -2.08. The Balaban J connectivity index is 2.17. The van der Waals surface area contributed by atoms with Crippen LogP contribution in [0.3, 0.4) is 0 Å². The van der Waals surface area contributed by atoms with Crippen LogP contribution in [0.2, 0.25) is 0 Å². The number of hydrogen-bond donors (Lipinski definition) is 2. The van der Waals surface area contributed by atoms with Gasteiger partial charge in [-0.2, -0.15) is 0 Å². The summed E-state index contributed by atoms with van der Waals surface area (Å²) in [7, 11) is 0. The molecule has 0 aliphatic rings. The average Bonchev–Trinajstić information content (AvgIpc) is 3.02. The fourth-order valence-corrected chi connectivity index (χ4v) is 4.31. The maximum absolute atomic E-state index is 11.8. The highest BCUT2D eigenvalue weighted by Gasteiger charge is 2.22. The molecule has 2 N–H and O–H groups in total. The van der Waals surface area contributed by atoms with Crippen molar-refractivity contribution in [3.05, 3.63) is 69.9 Å². The van der Waals surface area contributed by atoms with Gasteiger partial charge >= 0.3 is 5.97 Å². The average molecular weight is 394 g/mol. The summed E-state index contributed by atoms with van der Waals surface area (Å²) in [4.78, 5) is 11.8. The van der Waals surface area contributed by atoms with Crippen LogP contribution in [0.5, 0.6) is 0 Å². The molecule has 4 heteroatoms. The highest BCUT2D eigenvalue weighted by atomic mass is 16.4. The van der Waals surface area contributed by atoms with E-state index >= 15 is 0 Å². The minimum absolute atomic E-state index is 0.0248. The number of aliphatic hydroxyl groups is 1. The molecule has 0 unspecified atom stereocenters. The van der Waals surface area contributed by atoms with Crippen LogP contribution in [0.1, 0.15) is 64.5 Å². The number of hydrogen-bond acceptors (Lipinski definition) is 2. The van der Waals surface area contributed by atoms with Crippen molar-refractivity contribution in [3.8, 4) is 0 Å². The van der Waals surface area contributed by atoms with Crippen molar-refractivity contribution in [3.63, 3.8) is 0 Å². The van der Waals surface area contributed by atoms with E-state index in [2.05, 4.69) is 23.6 Å². The number of carboxylic acid groups (broad SMARTS) is 1. The van der Waals surface area contributed by atoms with Gasteiger partial charge in [0.25, 0.3) is 0 Å². The summed E-state index contributed by atoms with van der Waals surface area (Å²) in [6.45, 7) is 6.76. The minimum atomic E-state index is -0.901. The zero-order chi connectivity index (χ0) is 21.0. The number of carboxylic acids is 1. The normalized spacial score (nSPS) is 11.3. The predicted octanol–water partition coefficient (Wildman–Crippen LogP) is 5.42. The molecular weight excluding hydrogens is 362 g/mol. The predicted molar refractivity (Wildman–Crippen MR) is 118 cm³/mol. The molecule has 0 saturated heterocycles. The largest absolute Gasteiger partial charge is 0.478 e. The standard InChI is InChI=1S/C25H31NO3/c1-4-5-7-12-22-21(16-27)24-18(3)17(2)20(25(28)29)15-23(24)26(22)14-13-19-10-8-6-9-11-19/h6,8-11,15,27H,4-5,7,12-14,16H2,1-3H3,(H,28,29). The molecule has 3 aromatic rings. The molecule has 0 aliphatic carbocycles. The lowest BCUT2D eigenvalue weighted by atomic mass is 9.96. The van der Waals surface area contributed by atoms with E-state index in [-0.39, 0.29) is 6.61 Å². The number of unbranched alkanes of at least 4 members (excludes halogenated alkanes) is 2. The Hall–Kier alpha value is -2.59. The van der Waals surface area contributed by atoms with Crippen molar-refractivity contribution in [2.45, 2.75) is 66.0 Å². The Labute approximate surface area is 172 Å². The van der Waals surface area contributed by atoms with E-state index < -0.39 is 5.97 Å². The first-order valence-corrected chi connectivity index (χ1v) is 10.5. The third-order valence-corrected chi connectivity index (χ3v) is 6.02. The van der Waals surface area contributed by atoms with Crippen molar-refractivity contribution in [1.82, 2.24) is 4.57 Å². The lowest BCUT2D eigenvalue weighted by Gasteiger charge is -2.13. The van der Waals surface area contributed by atoms with Crippen LogP contribution < -0.4 is 0 Å². The fraction of sp³-hybridized carbons (Fsp3) is 0.400. The fourth-order valence-electron chi connectivity index (χ4n) is 4.31. The second-order valence-electron chi connectivity index (χ2n) is 7.80. The van der Waals surface area contributed by atoms with Gasteiger partial charge in [-0.15, -0.1) is 0 Å². The number of aromatic carboxylic acids is 1. The summed E-state index contributed by atoms with van der Waals surface area (Å²) < 4.78 is 2.25. The molecule has 3 rings (SSSR count). The SMILES string of the molecule is CCCCCc1c(CO)c2c(C)c(C)c(C(=O)O)cc2n1CCc1ccccc1. The Morgan fingerprint density at radius 2 is 1.76 bits per heavy atom. The van der Waals surface area contributed by atoms with Crippen molar-refractivity contribution >= 4 is 16.9 Å². The number of aryl methyl sites for hydroxylation is 3. The molecule has 0 spiro atoms. The maximum Gasteiger partial charge on any atom is 0.336 e. The molecule has 29 heavy (non-hydrogen) atoms. The summed E-state index contributed by atoms with van der Waals surface area (Å²) in [6, 6.07) is 12.1. The number of rotatable bonds is 9. The quantitative estimate of drug-likeness (QED) is 0.477. The van der Waals surface area contributed by atoms with Crippen molar-refractivity contribution in [2.24, 2.45) is 0 Å². The molecule has 0 saturated carbocycles. The summed E-state index contributed by atoms with van der Waals surface area (Å²) in [5, 5.41) is 21.0. The van der Waals surface area contributed by atoms with Crippen LogP contribution in [-0.4, -0.2) is 20.7 Å². The molecule has 0 radical (unpaired) electrons. The first-order chi connectivity index (χ1) is 14.0. The first kappa shape index (κ1) is 21.1. The summed E-state index contributed by atoms with van der Waals surface area (Å²) in [6.07, 6.45) is 5.11. The van der Waals surface area contributed by atoms with E-state index in [9.17, 15) is 15.0 Å². The maximum atomic E-state index is 11.8. The topological polar surface area (TPSA) is 62.5 Å². The molecule has 0 fully saturated rings. The van der Waals surface area contributed by atoms with Crippen molar-refractivity contribution in [1.29, 1.82) is 0 Å². The van der Waals surface area contributed by atoms with E-state index in [0.29, 0.717) is 5.56 Å². The van der Waals surface area contributed by atoms with Gasteiger partial charge in [0.1, 0.15) is 0 Å². The van der Waals surface area contributed by atoms with Gasteiger partial charge in [0.15, 0.2) is 0 Å². The van der Waals surface area contributed by atoms with Crippen LogP contribution in [0.25, 0.3) is 10.9 Å². The Morgan fingerprint density at radius 1 is 1.03 bits per heavy atom. The molecule has 0 atom stereocenters. The second kappa shape index (κ2) is 9.27. The van der Waals surface area contributed by atoms with Gasteiger partial charge in [-0.25, -0.2) is 4.79 Å². The molecule has 4 nitrogen and oxygen atoms in total. The Morgan fingerprint density at radius 3 is 2.38 bits per heavy atom. The molecule has 0 amide bonds. The third kappa shape index (κ3) is 4.23. The van der Waals surface area contributed by atoms with E-state index in [1.165, 1.54) is 5.56 Å². The Kier molecular flexibility index (Phi) is 6.75. The van der Waals surface area contributed by atoms with E-state index in [1.807, 2.05) is 32.0 Å². The number of carbonyl (C=O) groups is 1. The van der Waals surface area contributed by atoms with Gasteiger partial charge in [0, 0.05) is 28.7 Å². The summed E-state index contributed by atoms with van der Waals surface area (Å²) in [5.74, 6) is -0.901. The number of benzene rings is 2. The monoisotopic (exact) mass is 393 g/mol. The van der Waals surface area contributed by atoms with Crippen LogP contribution in [-0.2, 0) is 26.0 Å². The Bertz CT molecular complexity index is 1000. The summed E-state index contributed by atoms with van der Waals surface area (Å²) >= 11 is 0. The van der Waals surface area contributed by atoms with Crippen LogP contribution in [0, 0.1) is 13.8 Å². The number of fused-ring (bicyclic) bond motifs is 1. The van der Waals surface area contributed by atoms with Gasteiger partial charge in [-0.3, -0.25) is 0 Å². The van der Waals surface area contributed by atoms with Crippen LogP contribution in [0.15, 0.2) is 36.4 Å². The number of nitrogens with zero attached hydrogens (tertiary/aromatic N) is 1.